The van der Waals surface area contributed by atoms with Crippen molar-refractivity contribution in [1.82, 2.24) is 4.90 Å². The zero-order valence-corrected chi connectivity index (χ0v) is 7.40. The Balaban J connectivity index is 1.85. The van der Waals surface area contributed by atoms with Gasteiger partial charge in [-0.3, -0.25) is 4.90 Å². The zero-order chi connectivity index (χ0) is 9.69. The van der Waals surface area contributed by atoms with Crippen molar-refractivity contribution in [3.05, 3.63) is 0 Å². The average Bonchev–Trinajstić information content (AvgIpc) is 1.78. The summed E-state index contributed by atoms with van der Waals surface area (Å²) in [5, 5.41) is 0. The largest absolute Gasteiger partial charge is 0.403 e. The molecule has 1 atom stereocenters. The van der Waals surface area contributed by atoms with Gasteiger partial charge >= 0.3 is 6.18 Å². The zero-order valence-electron chi connectivity index (χ0n) is 7.40. The van der Waals surface area contributed by atoms with Crippen LogP contribution >= 0.6 is 0 Å². The maximum Gasteiger partial charge on any atom is 0.403 e. The van der Waals surface area contributed by atoms with Gasteiger partial charge in [-0.2, -0.15) is 13.2 Å². The van der Waals surface area contributed by atoms with E-state index in [1.165, 1.54) is 11.8 Å². The first-order valence-electron chi connectivity index (χ1n) is 4.32. The van der Waals surface area contributed by atoms with Crippen LogP contribution in [0, 0.1) is 5.41 Å². The molecule has 0 saturated carbocycles. The third-order valence-corrected chi connectivity index (χ3v) is 2.91. The third kappa shape index (κ3) is 1.44. The molecule has 2 rings (SSSR count). The SMILES string of the molecule is CC(N1CC2(COC2)C1)C(F)(F)F. The van der Waals surface area contributed by atoms with Gasteiger partial charge in [0, 0.05) is 18.5 Å². The van der Waals surface area contributed by atoms with E-state index < -0.39 is 12.2 Å². The lowest BCUT2D eigenvalue weighted by Gasteiger charge is -2.57. The van der Waals surface area contributed by atoms with Crippen molar-refractivity contribution >= 4 is 0 Å². The molecule has 0 aromatic rings. The van der Waals surface area contributed by atoms with Gasteiger partial charge in [0.05, 0.1) is 13.2 Å². The number of halogens is 3. The van der Waals surface area contributed by atoms with Crippen LogP contribution in [-0.4, -0.2) is 43.4 Å². The van der Waals surface area contributed by atoms with Gasteiger partial charge in [-0.05, 0) is 6.92 Å². The molecular formula is C8H12F3NO. The molecule has 0 N–H and O–H groups in total. The quantitative estimate of drug-likeness (QED) is 0.624. The number of alkyl halides is 3. The van der Waals surface area contributed by atoms with Crippen molar-refractivity contribution in [3.8, 4) is 0 Å². The van der Waals surface area contributed by atoms with Crippen molar-refractivity contribution in [2.24, 2.45) is 5.41 Å². The van der Waals surface area contributed by atoms with Crippen molar-refractivity contribution < 1.29 is 17.9 Å². The average molecular weight is 195 g/mol. The maximum absolute atomic E-state index is 12.2. The molecule has 0 bridgehead atoms. The van der Waals surface area contributed by atoms with Gasteiger partial charge in [0.15, 0.2) is 0 Å². The van der Waals surface area contributed by atoms with E-state index in [9.17, 15) is 13.2 Å². The van der Waals surface area contributed by atoms with E-state index in [4.69, 9.17) is 4.74 Å². The molecule has 0 radical (unpaired) electrons. The Labute approximate surface area is 74.7 Å². The van der Waals surface area contributed by atoms with Crippen LogP contribution in [-0.2, 0) is 4.74 Å². The van der Waals surface area contributed by atoms with E-state index in [1.807, 2.05) is 0 Å². The number of likely N-dealkylation sites (tertiary alicyclic amines) is 1. The molecule has 1 spiro atoms. The van der Waals surface area contributed by atoms with Crippen molar-refractivity contribution in [2.75, 3.05) is 26.3 Å². The number of hydrogen-bond acceptors (Lipinski definition) is 2. The molecule has 1 unspecified atom stereocenters. The summed E-state index contributed by atoms with van der Waals surface area (Å²) >= 11 is 0. The molecule has 2 fully saturated rings. The van der Waals surface area contributed by atoms with Crippen LogP contribution in [0.3, 0.4) is 0 Å². The Bertz CT molecular complexity index is 204. The molecule has 5 heteroatoms. The van der Waals surface area contributed by atoms with Gasteiger partial charge in [-0.15, -0.1) is 0 Å². The lowest BCUT2D eigenvalue weighted by Crippen LogP contribution is -2.69. The maximum atomic E-state index is 12.2. The fraction of sp³-hybridized carbons (Fsp3) is 1.00. The molecule has 2 aliphatic heterocycles. The molecule has 0 aromatic carbocycles. The Morgan fingerprint density at radius 3 is 2.15 bits per heavy atom. The second-order valence-corrected chi connectivity index (χ2v) is 4.12. The van der Waals surface area contributed by atoms with E-state index in [1.54, 1.807) is 0 Å². The first-order chi connectivity index (χ1) is 5.93. The summed E-state index contributed by atoms with van der Waals surface area (Å²) in [6, 6.07) is -1.31. The van der Waals surface area contributed by atoms with E-state index in [0.29, 0.717) is 26.3 Å². The lowest BCUT2D eigenvalue weighted by molar-refractivity contribution is -0.246. The van der Waals surface area contributed by atoms with Gasteiger partial charge in [0.2, 0.25) is 0 Å². The fourth-order valence-electron chi connectivity index (χ4n) is 1.87. The lowest BCUT2D eigenvalue weighted by atomic mass is 9.77. The van der Waals surface area contributed by atoms with Gasteiger partial charge in [-0.1, -0.05) is 0 Å². The van der Waals surface area contributed by atoms with Crippen molar-refractivity contribution in [1.29, 1.82) is 0 Å². The van der Waals surface area contributed by atoms with E-state index >= 15 is 0 Å². The highest BCUT2D eigenvalue weighted by molar-refractivity contribution is 5.01. The Morgan fingerprint density at radius 1 is 1.31 bits per heavy atom. The van der Waals surface area contributed by atoms with E-state index in [0.717, 1.165) is 0 Å². The normalized spacial score (nSPS) is 29.5. The first kappa shape index (κ1) is 9.27. The summed E-state index contributed by atoms with van der Waals surface area (Å²) in [4.78, 5) is 1.46. The monoisotopic (exact) mass is 195 g/mol. The minimum Gasteiger partial charge on any atom is -0.380 e. The standard InChI is InChI=1S/C8H12F3NO/c1-6(8(9,10)11)12-2-7(3-12)4-13-5-7/h6H,2-5H2,1H3. The summed E-state index contributed by atoms with van der Waals surface area (Å²) in [5.74, 6) is 0. The summed E-state index contributed by atoms with van der Waals surface area (Å²) in [6.45, 7) is 3.55. The molecule has 2 aliphatic rings. The molecule has 13 heavy (non-hydrogen) atoms. The topological polar surface area (TPSA) is 12.5 Å². The van der Waals surface area contributed by atoms with Crippen molar-refractivity contribution in [3.63, 3.8) is 0 Å². The molecule has 2 heterocycles. The van der Waals surface area contributed by atoms with Gasteiger partial charge < -0.3 is 4.74 Å². The Kier molecular flexibility index (Phi) is 1.86. The molecule has 0 aliphatic carbocycles. The molecule has 76 valence electrons. The van der Waals surface area contributed by atoms with Gasteiger partial charge in [-0.25, -0.2) is 0 Å². The smallest absolute Gasteiger partial charge is 0.380 e. The van der Waals surface area contributed by atoms with Crippen LogP contribution in [0.15, 0.2) is 0 Å². The minimum absolute atomic E-state index is 0.0690. The highest BCUT2D eigenvalue weighted by atomic mass is 19.4. The number of hydrogen-bond donors (Lipinski definition) is 0. The third-order valence-electron chi connectivity index (χ3n) is 2.91. The summed E-state index contributed by atoms with van der Waals surface area (Å²) < 4.78 is 41.6. The molecule has 2 nitrogen and oxygen atoms in total. The molecule has 0 aromatic heterocycles. The van der Waals surface area contributed by atoms with Gasteiger partial charge in [0.1, 0.15) is 6.04 Å². The summed E-state index contributed by atoms with van der Waals surface area (Å²) in [7, 11) is 0. The first-order valence-corrected chi connectivity index (χ1v) is 4.32. The highest BCUT2D eigenvalue weighted by Crippen LogP contribution is 2.41. The van der Waals surface area contributed by atoms with E-state index in [-0.39, 0.29) is 5.41 Å². The van der Waals surface area contributed by atoms with Crippen LogP contribution in [0.4, 0.5) is 13.2 Å². The summed E-state index contributed by atoms with van der Waals surface area (Å²) in [5.41, 5.74) is 0.0690. The van der Waals surface area contributed by atoms with Crippen LogP contribution < -0.4 is 0 Å². The number of ether oxygens (including phenoxy) is 1. The van der Waals surface area contributed by atoms with Crippen LogP contribution in [0.5, 0.6) is 0 Å². The molecule has 0 amide bonds. The second kappa shape index (κ2) is 2.60. The van der Waals surface area contributed by atoms with Crippen LogP contribution in [0.25, 0.3) is 0 Å². The minimum atomic E-state index is -4.09. The predicted molar refractivity (Wildman–Crippen MR) is 40.3 cm³/mol. The highest BCUT2D eigenvalue weighted by Gasteiger charge is 2.54. The van der Waals surface area contributed by atoms with Gasteiger partial charge in [0.25, 0.3) is 0 Å². The second-order valence-electron chi connectivity index (χ2n) is 4.12. The van der Waals surface area contributed by atoms with Crippen LogP contribution in [0.2, 0.25) is 0 Å². The Morgan fingerprint density at radius 2 is 1.85 bits per heavy atom. The number of nitrogens with zero attached hydrogens (tertiary/aromatic N) is 1. The Hall–Kier alpha value is -0.290. The fourth-order valence-corrected chi connectivity index (χ4v) is 1.87. The molecule has 2 saturated heterocycles. The predicted octanol–water partition coefficient (Wildman–Crippen LogP) is 1.27. The summed E-state index contributed by atoms with van der Waals surface area (Å²) in [6.07, 6.45) is -4.09. The molecular weight excluding hydrogens is 183 g/mol. The number of rotatable bonds is 1. The van der Waals surface area contributed by atoms with E-state index in [2.05, 4.69) is 0 Å². The van der Waals surface area contributed by atoms with Crippen molar-refractivity contribution in [2.45, 2.75) is 19.1 Å². The van der Waals surface area contributed by atoms with Crippen LogP contribution in [0.1, 0.15) is 6.92 Å².